The molecule has 0 saturated carbocycles. The van der Waals surface area contributed by atoms with Crippen LogP contribution < -0.4 is 0 Å². The van der Waals surface area contributed by atoms with Crippen molar-refractivity contribution in [2.75, 3.05) is 0 Å². The number of aliphatic hydroxyl groups is 2. The molecule has 0 aliphatic carbocycles. The minimum Gasteiger partial charge on any atom is -0.724 e. The van der Waals surface area contributed by atoms with Gasteiger partial charge in [0, 0.05) is 0 Å². The van der Waals surface area contributed by atoms with E-state index in [1.165, 1.54) is 0 Å². The number of carbonyl (C=O) groups excluding carboxylic acids is 2. The van der Waals surface area contributed by atoms with Crippen LogP contribution in [0.5, 0.6) is 0 Å². The molecular formula is C4H4CaN4O4S. The zero-order chi connectivity index (χ0) is 10.8. The minimum atomic E-state index is 0. The first-order chi connectivity index (χ1) is 5.66. The van der Waals surface area contributed by atoms with Crippen molar-refractivity contribution in [2.24, 2.45) is 0 Å². The predicted octanol–water partition coefficient (Wildman–Crippen LogP) is -0.805. The van der Waals surface area contributed by atoms with Crippen LogP contribution in [0.1, 0.15) is 0 Å². The van der Waals surface area contributed by atoms with Crippen molar-refractivity contribution < 1.29 is 19.8 Å². The molecule has 0 fully saturated rings. The molecule has 0 unspecified atom stereocenters. The topological polar surface area (TPSA) is 167 Å². The van der Waals surface area contributed by atoms with Gasteiger partial charge in [0.05, 0.1) is 0 Å². The fourth-order valence-electron chi connectivity index (χ4n) is 0. The number of isocyanates is 2. The van der Waals surface area contributed by atoms with Crippen LogP contribution in [0, 0.1) is 23.0 Å². The molecule has 2 N–H and O–H groups in total. The van der Waals surface area contributed by atoms with Crippen LogP contribution in [0.4, 0.5) is 0 Å². The van der Waals surface area contributed by atoms with Crippen LogP contribution in [0.3, 0.4) is 0 Å². The summed E-state index contributed by atoms with van der Waals surface area (Å²) >= 11 is 0. The van der Waals surface area contributed by atoms with Gasteiger partial charge >= 0.3 is 37.7 Å². The molecule has 0 aliphatic heterocycles. The average molecular weight is 244 g/mol. The van der Waals surface area contributed by atoms with E-state index in [4.69, 9.17) is 41.1 Å². The second-order valence-corrected chi connectivity index (χ2v) is 0.383. The van der Waals surface area contributed by atoms with E-state index >= 15 is 0 Å². The summed E-state index contributed by atoms with van der Waals surface area (Å²) < 4.78 is 0. The first-order valence-electron chi connectivity index (χ1n) is 1.75. The van der Waals surface area contributed by atoms with Gasteiger partial charge in [-0.05, 0) is 12.2 Å². The number of nitriles is 2. The quantitative estimate of drug-likeness (QED) is 0.244. The van der Waals surface area contributed by atoms with Gasteiger partial charge in [-0.3, -0.25) is 9.59 Å². The number of rotatable bonds is 0. The monoisotopic (exact) mass is 244 g/mol. The van der Waals surface area contributed by atoms with Crippen LogP contribution in [0.15, 0.2) is 0 Å². The number of hydrogen-bond acceptors (Lipinski definition) is 6. The SMILES string of the molecule is N#CO.N#CO.S.[Ca+2].[N-]=C=O.[N-]=C=O. The summed E-state index contributed by atoms with van der Waals surface area (Å²) in [6.45, 7) is 0. The summed E-state index contributed by atoms with van der Waals surface area (Å²) in [7, 11) is 0. The van der Waals surface area contributed by atoms with Crippen molar-refractivity contribution in [1.29, 1.82) is 10.5 Å². The standard InChI is InChI=1S/2CHNO.2CNO.Ca.H2S/c4*2-1-3;;/h2*3H;;;;1H2/q;;2*-1;+2;. The smallest absolute Gasteiger partial charge is 0.724 e. The van der Waals surface area contributed by atoms with Crippen molar-refractivity contribution in [3.8, 4) is 12.5 Å². The van der Waals surface area contributed by atoms with Crippen LogP contribution in [0.2, 0.25) is 0 Å². The maximum Gasteiger partial charge on any atom is 2.00 e. The molecular weight excluding hydrogens is 240 g/mol. The van der Waals surface area contributed by atoms with E-state index in [2.05, 4.69) is 0 Å². The zero-order valence-corrected chi connectivity index (χ0v) is 9.92. The van der Waals surface area contributed by atoms with Gasteiger partial charge in [-0.2, -0.15) is 24.0 Å². The molecule has 0 atom stereocenters. The summed E-state index contributed by atoms with van der Waals surface area (Å²) in [5.74, 6) is 0. The van der Waals surface area contributed by atoms with E-state index in [0.717, 1.165) is 12.5 Å². The van der Waals surface area contributed by atoms with E-state index in [0.29, 0.717) is 12.2 Å². The Morgan fingerprint density at radius 1 is 0.929 bits per heavy atom. The second-order valence-electron chi connectivity index (χ2n) is 0.383. The van der Waals surface area contributed by atoms with Gasteiger partial charge < -0.3 is 21.0 Å². The first-order valence-corrected chi connectivity index (χ1v) is 1.75. The summed E-state index contributed by atoms with van der Waals surface area (Å²) in [5.41, 5.74) is 0. The Kier molecular flexibility index (Phi) is 450. The van der Waals surface area contributed by atoms with E-state index in [1.807, 2.05) is 0 Å². The molecule has 0 rings (SSSR count). The molecule has 0 heterocycles. The second kappa shape index (κ2) is 165. The third-order valence-electron chi connectivity index (χ3n) is 0. The Morgan fingerprint density at radius 3 is 0.929 bits per heavy atom. The van der Waals surface area contributed by atoms with E-state index in [1.54, 1.807) is 0 Å². The molecule has 0 aliphatic rings. The molecule has 0 aromatic rings. The van der Waals surface area contributed by atoms with Gasteiger partial charge in [0.2, 0.25) is 0 Å². The molecule has 0 aromatic carbocycles. The molecule has 14 heavy (non-hydrogen) atoms. The van der Waals surface area contributed by atoms with E-state index < -0.39 is 0 Å². The Balaban J connectivity index is -0.0000000145. The van der Waals surface area contributed by atoms with Crippen LogP contribution in [-0.2, 0) is 9.59 Å². The summed E-state index contributed by atoms with van der Waals surface area (Å²) in [4.78, 5) is 16.5. The van der Waals surface area contributed by atoms with Gasteiger partial charge in [-0.15, -0.1) is 0 Å². The summed E-state index contributed by atoms with van der Waals surface area (Å²) in [6, 6.07) is 0. The fourth-order valence-corrected chi connectivity index (χ4v) is 0. The molecule has 72 valence electrons. The third-order valence-corrected chi connectivity index (χ3v) is 0. The molecule has 0 bridgehead atoms. The summed E-state index contributed by atoms with van der Waals surface area (Å²) in [6.07, 6.45) is 2.50. The Bertz CT molecular complexity index is 186. The normalized spacial score (nSPS) is 2.14. The first kappa shape index (κ1) is 38.3. The third kappa shape index (κ3) is 983. The maximum absolute atomic E-state index is 8.24. The fraction of sp³-hybridized carbons (Fsp3) is 0. The van der Waals surface area contributed by atoms with E-state index in [9.17, 15) is 0 Å². The van der Waals surface area contributed by atoms with Gasteiger partial charge in [0.1, 0.15) is 0 Å². The van der Waals surface area contributed by atoms with Crippen molar-refractivity contribution >= 4 is 63.4 Å². The number of aliphatic hydroxyl groups excluding tert-OH is 2. The molecule has 0 amide bonds. The largest absolute Gasteiger partial charge is 2.00 e. The van der Waals surface area contributed by atoms with Crippen LogP contribution in [-0.4, -0.2) is 60.1 Å². The van der Waals surface area contributed by atoms with Crippen molar-refractivity contribution in [1.82, 2.24) is 0 Å². The van der Waals surface area contributed by atoms with Crippen LogP contribution in [0.25, 0.3) is 10.8 Å². The van der Waals surface area contributed by atoms with Crippen LogP contribution >= 0.6 is 13.5 Å². The Labute approximate surface area is 116 Å². The molecule has 0 radical (unpaired) electrons. The molecule has 0 aromatic heterocycles. The minimum absolute atomic E-state index is 0. The Hall–Kier alpha value is -1.05. The van der Waals surface area contributed by atoms with Gasteiger partial charge in [-0.1, -0.05) is 0 Å². The van der Waals surface area contributed by atoms with Gasteiger partial charge in [0.25, 0.3) is 12.5 Å². The summed E-state index contributed by atoms with van der Waals surface area (Å²) in [5, 5.41) is 41.0. The van der Waals surface area contributed by atoms with Crippen molar-refractivity contribution in [3.63, 3.8) is 0 Å². The number of hydrogen-bond donors (Lipinski definition) is 2. The molecule has 0 spiro atoms. The predicted molar refractivity (Wildman–Crippen MR) is 49.3 cm³/mol. The van der Waals surface area contributed by atoms with Crippen molar-refractivity contribution in [2.45, 2.75) is 0 Å². The van der Waals surface area contributed by atoms with Gasteiger partial charge in [-0.25, -0.2) is 0 Å². The van der Waals surface area contributed by atoms with Crippen molar-refractivity contribution in [3.05, 3.63) is 10.8 Å². The molecule has 8 nitrogen and oxygen atoms in total. The molecule has 10 heteroatoms. The zero-order valence-electron chi connectivity index (χ0n) is 6.71. The van der Waals surface area contributed by atoms with E-state index in [-0.39, 0.29) is 51.2 Å². The molecule has 0 saturated heterocycles. The number of nitrogens with zero attached hydrogens (tertiary/aromatic N) is 4. The maximum atomic E-state index is 8.24. The average Bonchev–Trinajstić information content (AvgIpc) is 1.92. The van der Waals surface area contributed by atoms with Gasteiger partial charge in [0.15, 0.2) is 0 Å². The Morgan fingerprint density at radius 2 is 0.929 bits per heavy atom.